The van der Waals surface area contributed by atoms with E-state index in [2.05, 4.69) is 31.8 Å². The lowest BCUT2D eigenvalue weighted by atomic mass is 10.1. The summed E-state index contributed by atoms with van der Waals surface area (Å²) in [6.45, 7) is 0. The number of halogens is 1. The van der Waals surface area contributed by atoms with Gasteiger partial charge in [0.25, 0.3) is 0 Å². The zero-order valence-electron chi connectivity index (χ0n) is 24.4. The van der Waals surface area contributed by atoms with Gasteiger partial charge in [-0.2, -0.15) is 0 Å². The zero-order valence-corrected chi connectivity index (χ0v) is 25.3. The average molecular weight is 609 g/mol. The van der Waals surface area contributed by atoms with Gasteiger partial charge in [0, 0.05) is 34.0 Å². The molecule has 2 heterocycles. The second-order valence-electron chi connectivity index (χ2n) is 9.06. The van der Waals surface area contributed by atoms with Crippen molar-refractivity contribution in [1.82, 2.24) is 19.9 Å². The first kappa shape index (κ1) is 31.3. The van der Waals surface area contributed by atoms with Gasteiger partial charge in [0.15, 0.2) is 23.0 Å². The zero-order chi connectivity index (χ0) is 30.2. The lowest BCUT2D eigenvalue weighted by Gasteiger charge is -2.11. The molecule has 6 rings (SSSR count). The molecule has 44 heavy (non-hydrogen) atoms. The third-order valence-electron chi connectivity index (χ3n) is 6.52. The summed E-state index contributed by atoms with van der Waals surface area (Å²) in [6.07, 6.45) is 3.01. The van der Waals surface area contributed by atoms with Crippen LogP contribution in [0.2, 0.25) is 0 Å². The predicted molar refractivity (Wildman–Crippen MR) is 172 cm³/mol. The molecule has 6 aromatic rings. The van der Waals surface area contributed by atoms with Crippen molar-refractivity contribution >= 4 is 34.2 Å². The molecule has 0 amide bonds. The second kappa shape index (κ2) is 14.5. The summed E-state index contributed by atoms with van der Waals surface area (Å²) in [4.78, 5) is 17.2. The Morgan fingerprint density at radius 3 is 1.68 bits per heavy atom. The van der Waals surface area contributed by atoms with E-state index in [0.717, 1.165) is 38.6 Å². The first-order valence-corrected chi connectivity index (χ1v) is 13.1. The van der Waals surface area contributed by atoms with E-state index in [9.17, 15) is 5.11 Å². The third kappa shape index (κ3) is 6.89. The van der Waals surface area contributed by atoms with Crippen LogP contribution in [0.4, 0.5) is 0 Å². The molecular formula is C34H29ClN4O5. The molecule has 0 bridgehead atoms. The van der Waals surface area contributed by atoms with Crippen molar-refractivity contribution in [3.8, 4) is 51.8 Å². The van der Waals surface area contributed by atoms with Crippen LogP contribution in [0.25, 0.3) is 33.1 Å². The molecule has 10 heteroatoms. The van der Waals surface area contributed by atoms with Crippen molar-refractivity contribution in [1.29, 1.82) is 0 Å². The summed E-state index contributed by atoms with van der Waals surface area (Å²) in [5, 5.41) is 11.1. The minimum absolute atomic E-state index is 0. The van der Waals surface area contributed by atoms with E-state index in [1.165, 1.54) is 12.7 Å². The number of phenols is 1. The van der Waals surface area contributed by atoms with Crippen LogP contribution in [0.15, 0.2) is 91.5 Å². The number of benzene rings is 4. The number of rotatable bonds is 5. The Labute approximate surface area is 260 Å². The van der Waals surface area contributed by atoms with Crippen LogP contribution < -0.4 is 18.9 Å². The lowest BCUT2D eigenvalue weighted by Crippen LogP contribution is -1.94. The van der Waals surface area contributed by atoms with Crippen LogP contribution in [0, 0.1) is 11.8 Å². The summed E-state index contributed by atoms with van der Waals surface area (Å²) < 4.78 is 21.2. The number of ether oxygens (including phenoxy) is 4. The topological polar surface area (TPSA) is 109 Å². The minimum Gasteiger partial charge on any atom is -0.508 e. The smallest absolute Gasteiger partial charge is 0.162 e. The molecule has 0 saturated heterocycles. The fourth-order valence-corrected chi connectivity index (χ4v) is 4.37. The van der Waals surface area contributed by atoms with Crippen molar-refractivity contribution in [3.63, 3.8) is 0 Å². The quantitative estimate of drug-likeness (QED) is 0.220. The molecule has 4 aromatic carbocycles. The van der Waals surface area contributed by atoms with E-state index < -0.39 is 0 Å². The van der Waals surface area contributed by atoms with Gasteiger partial charge in [-0.3, -0.25) is 0 Å². The van der Waals surface area contributed by atoms with E-state index in [-0.39, 0.29) is 18.2 Å². The third-order valence-corrected chi connectivity index (χ3v) is 6.52. The predicted octanol–water partition coefficient (Wildman–Crippen LogP) is 6.49. The first-order chi connectivity index (χ1) is 21.0. The van der Waals surface area contributed by atoms with E-state index in [0.29, 0.717) is 28.7 Å². The molecule has 0 spiro atoms. The number of aromatic hydroxyl groups is 1. The lowest BCUT2D eigenvalue weighted by molar-refractivity contribution is 0.356. The summed E-state index contributed by atoms with van der Waals surface area (Å²) in [5.41, 5.74) is 4.81. The average Bonchev–Trinajstić information content (AvgIpc) is 3.06. The van der Waals surface area contributed by atoms with Crippen molar-refractivity contribution in [2.45, 2.75) is 0 Å². The molecule has 0 aliphatic carbocycles. The van der Waals surface area contributed by atoms with Crippen molar-refractivity contribution in [3.05, 3.63) is 103 Å². The Bertz CT molecular complexity index is 1940. The molecule has 1 N–H and O–H groups in total. The first-order valence-electron chi connectivity index (χ1n) is 13.1. The van der Waals surface area contributed by atoms with E-state index in [4.69, 9.17) is 18.9 Å². The fourth-order valence-electron chi connectivity index (χ4n) is 4.37. The normalized spacial score (nSPS) is 10.0. The highest BCUT2D eigenvalue weighted by Crippen LogP contribution is 2.35. The molecular weight excluding hydrogens is 580 g/mol. The standard InChI is InChI=1S/C18H14N2O2.C16H14N2O3.ClH/c1-21-17-10-14-15(9-8-13-6-4-3-5-7-13)19-12-20-16(14)11-18(17)22-2;1-20-14-7-12-13(8-15(14)21-2)17-9-18-16(12)10-3-5-11(19)6-4-10;/h3-7,10-12H,1-2H3;3-9,19H,1-2H3;1H. The van der Waals surface area contributed by atoms with Gasteiger partial charge < -0.3 is 24.1 Å². The van der Waals surface area contributed by atoms with Gasteiger partial charge in [0.1, 0.15) is 24.1 Å². The number of nitrogens with zero attached hydrogens (tertiary/aromatic N) is 4. The maximum atomic E-state index is 9.40. The molecule has 0 aliphatic heterocycles. The Morgan fingerprint density at radius 1 is 0.568 bits per heavy atom. The summed E-state index contributed by atoms with van der Waals surface area (Å²) in [7, 11) is 6.38. The Balaban J connectivity index is 0.000000197. The molecule has 0 fully saturated rings. The number of phenolic OH excluding ortho intramolecular Hbond substituents is 1. The number of methoxy groups -OCH3 is 4. The molecule has 0 aliphatic rings. The van der Waals surface area contributed by atoms with Crippen LogP contribution in [0.5, 0.6) is 28.7 Å². The number of hydrogen-bond acceptors (Lipinski definition) is 9. The fraction of sp³-hybridized carbons (Fsp3) is 0.118. The highest BCUT2D eigenvalue weighted by Gasteiger charge is 2.12. The molecule has 0 atom stereocenters. The Hall–Kier alpha value is -5.59. The molecule has 0 saturated carbocycles. The van der Waals surface area contributed by atoms with Gasteiger partial charge in [-0.05, 0) is 54.5 Å². The Morgan fingerprint density at radius 2 is 1.09 bits per heavy atom. The number of hydrogen-bond donors (Lipinski definition) is 1. The van der Waals surface area contributed by atoms with Crippen LogP contribution in [0.1, 0.15) is 11.3 Å². The van der Waals surface area contributed by atoms with Crippen molar-refractivity contribution in [2.75, 3.05) is 28.4 Å². The van der Waals surface area contributed by atoms with E-state index in [1.54, 1.807) is 40.6 Å². The monoisotopic (exact) mass is 608 g/mol. The number of aromatic nitrogens is 4. The molecule has 0 unspecified atom stereocenters. The highest BCUT2D eigenvalue weighted by atomic mass is 35.5. The maximum Gasteiger partial charge on any atom is 0.162 e. The van der Waals surface area contributed by atoms with Crippen molar-refractivity contribution in [2.24, 2.45) is 0 Å². The molecule has 222 valence electrons. The van der Waals surface area contributed by atoms with Gasteiger partial charge in [0.2, 0.25) is 0 Å². The van der Waals surface area contributed by atoms with E-state index >= 15 is 0 Å². The van der Waals surface area contributed by atoms with Gasteiger partial charge in [-0.15, -0.1) is 12.4 Å². The van der Waals surface area contributed by atoms with Crippen molar-refractivity contribution < 1.29 is 24.1 Å². The second-order valence-corrected chi connectivity index (χ2v) is 9.06. The molecule has 0 radical (unpaired) electrons. The van der Waals surface area contributed by atoms with Gasteiger partial charge in [-0.1, -0.05) is 24.1 Å². The Kier molecular flexibility index (Phi) is 10.4. The minimum atomic E-state index is 0. The SMILES string of the molecule is COc1cc2ncnc(-c3ccc(O)cc3)c2cc1OC.COc1cc2ncnc(C#Cc3ccccc3)c2cc1OC.Cl. The summed E-state index contributed by atoms with van der Waals surface area (Å²) in [6, 6.07) is 24.0. The highest BCUT2D eigenvalue weighted by molar-refractivity contribution is 5.94. The van der Waals surface area contributed by atoms with Gasteiger partial charge in [-0.25, -0.2) is 19.9 Å². The summed E-state index contributed by atoms with van der Waals surface area (Å²) >= 11 is 0. The van der Waals surface area contributed by atoms with Crippen LogP contribution in [0.3, 0.4) is 0 Å². The van der Waals surface area contributed by atoms with E-state index in [1.807, 2.05) is 66.7 Å². The van der Waals surface area contributed by atoms with Crippen LogP contribution in [-0.2, 0) is 0 Å². The van der Waals surface area contributed by atoms with Crippen LogP contribution in [-0.4, -0.2) is 53.5 Å². The molecule has 9 nitrogen and oxygen atoms in total. The van der Waals surface area contributed by atoms with Gasteiger partial charge >= 0.3 is 0 Å². The van der Waals surface area contributed by atoms with Crippen LogP contribution >= 0.6 is 12.4 Å². The number of fused-ring (bicyclic) bond motifs is 2. The maximum absolute atomic E-state index is 9.40. The largest absolute Gasteiger partial charge is 0.508 e. The van der Waals surface area contributed by atoms with Gasteiger partial charge in [0.05, 0.1) is 45.2 Å². The molecule has 2 aromatic heterocycles. The summed E-state index contributed by atoms with van der Waals surface area (Å²) in [5.74, 6) is 8.94.